The first-order valence-corrected chi connectivity index (χ1v) is 7.75. The van der Waals surface area contributed by atoms with Crippen LogP contribution >= 0.6 is 0 Å². The number of halogens is 1. The van der Waals surface area contributed by atoms with Crippen LogP contribution in [0.5, 0.6) is 0 Å². The number of hydrogen-bond acceptors (Lipinski definition) is 3. The Labute approximate surface area is 134 Å². The van der Waals surface area contributed by atoms with Crippen LogP contribution in [0.2, 0.25) is 0 Å². The highest BCUT2D eigenvalue weighted by Crippen LogP contribution is 2.26. The number of aromatic nitrogens is 2. The van der Waals surface area contributed by atoms with Crippen LogP contribution in [0.3, 0.4) is 0 Å². The summed E-state index contributed by atoms with van der Waals surface area (Å²) in [6, 6.07) is 4.95. The number of nitrogens with one attached hydrogen (secondary N) is 2. The van der Waals surface area contributed by atoms with E-state index in [0.29, 0.717) is 28.4 Å². The Kier molecular flexibility index (Phi) is 4.43. The highest BCUT2D eigenvalue weighted by molar-refractivity contribution is 6.04. The number of H-pyrrole nitrogens is 1. The van der Waals surface area contributed by atoms with Crippen molar-refractivity contribution < 1.29 is 13.9 Å². The number of carbonyl (C=O) groups is 1. The number of aromatic amines is 1. The predicted molar refractivity (Wildman–Crippen MR) is 85.2 cm³/mol. The Bertz CT molecular complexity index is 697. The normalized spacial score (nSPS) is 15.6. The molecule has 1 fully saturated rings. The van der Waals surface area contributed by atoms with Gasteiger partial charge in [0.25, 0.3) is 5.91 Å². The molecule has 1 aromatic carbocycles. The molecule has 0 saturated carbocycles. The van der Waals surface area contributed by atoms with Crippen molar-refractivity contribution in [2.45, 2.75) is 32.6 Å². The van der Waals surface area contributed by atoms with Gasteiger partial charge in [-0.05, 0) is 49.9 Å². The van der Waals surface area contributed by atoms with Gasteiger partial charge in [0.1, 0.15) is 5.82 Å². The highest BCUT2D eigenvalue weighted by Gasteiger charge is 2.19. The summed E-state index contributed by atoms with van der Waals surface area (Å²) >= 11 is 0. The van der Waals surface area contributed by atoms with Gasteiger partial charge >= 0.3 is 0 Å². The number of hydrogen-bond donors (Lipinski definition) is 2. The molecule has 0 unspecified atom stereocenters. The fourth-order valence-corrected chi connectivity index (χ4v) is 2.88. The maximum Gasteiger partial charge on any atom is 0.256 e. The number of nitrogens with zero attached hydrogens (tertiary/aromatic N) is 1. The smallest absolute Gasteiger partial charge is 0.256 e. The fourth-order valence-electron chi connectivity index (χ4n) is 2.88. The van der Waals surface area contributed by atoms with E-state index in [-0.39, 0.29) is 11.7 Å². The van der Waals surface area contributed by atoms with E-state index in [2.05, 4.69) is 15.5 Å². The van der Waals surface area contributed by atoms with Crippen LogP contribution in [0, 0.1) is 19.7 Å². The second-order valence-corrected chi connectivity index (χ2v) is 5.97. The van der Waals surface area contributed by atoms with Crippen molar-refractivity contribution in [2.75, 3.05) is 18.5 Å². The molecule has 5 nitrogen and oxygen atoms in total. The lowest BCUT2D eigenvalue weighted by molar-refractivity contribution is 0.0845. The first-order valence-electron chi connectivity index (χ1n) is 7.75. The van der Waals surface area contributed by atoms with Crippen molar-refractivity contribution in [3.05, 3.63) is 46.4 Å². The van der Waals surface area contributed by atoms with Crippen molar-refractivity contribution in [2.24, 2.45) is 0 Å². The average molecular weight is 317 g/mol. The van der Waals surface area contributed by atoms with Gasteiger partial charge in [0.05, 0.1) is 0 Å². The second-order valence-electron chi connectivity index (χ2n) is 5.97. The van der Waals surface area contributed by atoms with Crippen molar-refractivity contribution in [3.63, 3.8) is 0 Å². The number of amides is 1. The van der Waals surface area contributed by atoms with Crippen molar-refractivity contribution in [1.29, 1.82) is 0 Å². The van der Waals surface area contributed by atoms with Gasteiger partial charge in [-0.3, -0.25) is 9.89 Å². The lowest BCUT2D eigenvalue weighted by Gasteiger charge is -2.20. The van der Waals surface area contributed by atoms with E-state index < -0.39 is 0 Å². The van der Waals surface area contributed by atoms with Gasteiger partial charge in [0.2, 0.25) is 0 Å². The molecule has 0 radical (unpaired) electrons. The first-order chi connectivity index (χ1) is 11.0. The molecule has 0 bridgehead atoms. The third-order valence-corrected chi connectivity index (χ3v) is 4.20. The Morgan fingerprint density at radius 1 is 1.26 bits per heavy atom. The molecular formula is C17H20FN3O2. The Balaban J connectivity index is 1.72. The molecule has 0 spiro atoms. The molecule has 1 aromatic heterocycles. The quantitative estimate of drug-likeness (QED) is 0.912. The third-order valence-electron chi connectivity index (χ3n) is 4.20. The van der Waals surface area contributed by atoms with Gasteiger partial charge in [-0.25, -0.2) is 4.39 Å². The highest BCUT2D eigenvalue weighted by atomic mass is 19.1. The Hall–Kier alpha value is -2.21. The first kappa shape index (κ1) is 15.7. The van der Waals surface area contributed by atoms with Crippen LogP contribution in [0.15, 0.2) is 18.2 Å². The summed E-state index contributed by atoms with van der Waals surface area (Å²) in [7, 11) is 0. The average Bonchev–Trinajstić information content (AvgIpc) is 3.01. The molecule has 1 saturated heterocycles. The van der Waals surface area contributed by atoms with E-state index in [1.54, 1.807) is 26.0 Å². The third kappa shape index (κ3) is 3.42. The van der Waals surface area contributed by atoms with Crippen LogP contribution in [-0.4, -0.2) is 29.3 Å². The molecular weight excluding hydrogens is 297 g/mol. The number of carbonyl (C=O) groups excluding carboxylic acids is 1. The number of aryl methyl sites for hydroxylation is 2. The molecule has 2 aromatic rings. The predicted octanol–water partition coefficient (Wildman–Crippen LogP) is 3.31. The van der Waals surface area contributed by atoms with Crippen LogP contribution in [0.1, 0.15) is 45.9 Å². The van der Waals surface area contributed by atoms with E-state index in [4.69, 9.17) is 4.74 Å². The second kappa shape index (κ2) is 6.50. The molecule has 1 aliphatic rings. The summed E-state index contributed by atoms with van der Waals surface area (Å²) in [6.45, 7) is 4.80. The Morgan fingerprint density at radius 3 is 2.57 bits per heavy atom. The number of ether oxygens (including phenoxy) is 1. The molecule has 0 aliphatic carbocycles. The van der Waals surface area contributed by atoms with E-state index >= 15 is 0 Å². The minimum Gasteiger partial charge on any atom is -0.381 e. The topological polar surface area (TPSA) is 67.0 Å². The van der Waals surface area contributed by atoms with E-state index in [0.717, 1.165) is 31.7 Å². The molecule has 6 heteroatoms. The molecule has 23 heavy (non-hydrogen) atoms. The molecule has 1 aliphatic heterocycles. The molecule has 3 rings (SSSR count). The maximum absolute atomic E-state index is 13.7. The van der Waals surface area contributed by atoms with Gasteiger partial charge < -0.3 is 10.1 Å². The summed E-state index contributed by atoms with van der Waals surface area (Å²) < 4.78 is 19.0. The van der Waals surface area contributed by atoms with Crippen LogP contribution < -0.4 is 5.32 Å². The summed E-state index contributed by atoms with van der Waals surface area (Å²) in [6.07, 6.45) is 1.90. The van der Waals surface area contributed by atoms with Gasteiger partial charge in [0, 0.05) is 36.5 Å². The van der Waals surface area contributed by atoms with Crippen LogP contribution in [0.25, 0.3) is 0 Å². The molecule has 2 N–H and O–H groups in total. The Morgan fingerprint density at radius 2 is 1.91 bits per heavy atom. The summed E-state index contributed by atoms with van der Waals surface area (Å²) in [4.78, 5) is 12.3. The van der Waals surface area contributed by atoms with Crippen molar-refractivity contribution in [1.82, 2.24) is 10.2 Å². The van der Waals surface area contributed by atoms with Gasteiger partial charge in [-0.15, -0.1) is 0 Å². The van der Waals surface area contributed by atoms with E-state index in [9.17, 15) is 9.18 Å². The molecule has 1 amide bonds. The van der Waals surface area contributed by atoms with E-state index in [1.807, 2.05) is 6.07 Å². The summed E-state index contributed by atoms with van der Waals surface area (Å²) in [5.74, 6) is 0.303. The minimum atomic E-state index is -0.291. The maximum atomic E-state index is 13.7. The molecule has 2 heterocycles. The van der Waals surface area contributed by atoms with E-state index in [1.165, 1.54) is 0 Å². The zero-order valence-electron chi connectivity index (χ0n) is 13.3. The van der Waals surface area contributed by atoms with Gasteiger partial charge in [-0.2, -0.15) is 5.10 Å². The standard InChI is InChI=1S/C17H20FN3O2/c1-10-7-13(8-11(2)16(10)18)17(22)19-15-9-14(20-21-15)12-3-5-23-6-4-12/h7-9,12H,3-6H2,1-2H3,(H2,19,20,21,22). The summed E-state index contributed by atoms with van der Waals surface area (Å²) in [5.41, 5.74) is 2.35. The SMILES string of the molecule is Cc1cc(C(=O)Nc2cc(C3CCOCC3)[nH]n2)cc(C)c1F. The van der Waals surface area contributed by atoms with Crippen LogP contribution in [-0.2, 0) is 4.74 Å². The zero-order chi connectivity index (χ0) is 16.4. The van der Waals surface area contributed by atoms with Crippen LogP contribution in [0.4, 0.5) is 10.2 Å². The lowest BCUT2D eigenvalue weighted by Crippen LogP contribution is -2.14. The zero-order valence-corrected chi connectivity index (χ0v) is 13.3. The summed E-state index contributed by atoms with van der Waals surface area (Å²) in [5, 5.41) is 9.89. The fraction of sp³-hybridized carbons (Fsp3) is 0.412. The molecule has 122 valence electrons. The largest absolute Gasteiger partial charge is 0.381 e. The van der Waals surface area contributed by atoms with Crippen molar-refractivity contribution in [3.8, 4) is 0 Å². The minimum absolute atomic E-state index is 0.275. The van der Waals surface area contributed by atoms with Gasteiger partial charge in [0.15, 0.2) is 5.82 Å². The number of rotatable bonds is 3. The number of benzene rings is 1. The monoisotopic (exact) mass is 317 g/mol. The lowest BCUT2D eigenvalue weighted by atomic mass is 9.97. The van der Waals surface area contributed by atoms with Gasteiger partial charge in [-0.1, -0.05) is 0 Å². The number of anilines is 1. The molecule has 0 atom stereocenters. The van der Waals surface area contributed by atoms with Crippen molar-refractivity contribution >= 4 is 11.7 Å².